The molecule has 10 heteroatoms. The second kappa shape index (κ2) is 11.2. The fourth-order valence-corrected chi connectivity index (χ4v) is 6.64. The Kier molecular flexibility index (Phi) is 8.38. The van der Waals surface area contributed by atoms with Crippen LogP contribution in [0.2, 0.25) is 0 Å². The van der Waals surface area contributed by atoms with Crippen molar-refractivity contribution in [2.75, 3.05) is 65.7 Å². The summed E-state index contributed by atoms with van der Waals surface area (Å²) in [6.45, 7) is 12.6. The smallest absolute Gasteiger partial charge is 0.312 e. The van der Waals surface area contributed by atoms with Crippen LogP contribution in [0.5, 0.6) is 0 Å². The second-order valence-corrected chi connectivity index (χ2v) is 10.5. The number of aliphatic hydroxyl groups excluding tert-OH is 1. The minimum atomic E-state index is -1.06. The van der Waals surface area contributed by atoms with Crippen LogP contribution in [0.3, 0.4) is 0 Å². The number of fused-ring (bicyclic) bond motifs is 1. The van der Waals surface area contributed by atoms with E-state index in [1.165, 1.54) is 0 Å². The second-order valence-electron chi connectivity index (χ2n) is 10.5. The normalized spacial score (nSPS) is 33.6. The van der Waals surface area contributed by atoms with Gasteiger partial charge in [-0.2, -0.15) is 0 Å². The molecule has 0 aromatic heterocycles. The van der Waals surface area contributed by atoms with E-state index < -0.39 is 35.0 Å². The molecule has 4 aliphatic heterocycles. The molecule has 0 aromatic carbocycles. The molecular weight excluding hydrogens is 466 g/mol. The highest BCUT2D eigenvalue weighted by Gasteiger charge is 2.78. The van der Waals surface area contributed by atoms with E-state index in [4.69, 9.17) is 14.2 Å². The molecule has 0 radical (unpaired) electrons. The molecule has 2 amide bonds. The largest absolute Gasteiger partial charge is 0.466 e. The van der Waals surface area contributed by atoms with Crippen molar-refractivity contribution in [3.05, 3.63) is 12.7 Å². The standard InChI is InChI=1S/C26H41N3O7/c1-4-10-28(13-12-27-14-17-34-18-15-27)23(32)21-26-9-8-25(3,36-26)20(24(33)35-5-2)19(26)22(31)29(21)11-6-7-16-30/h4,19-21,30H,1,5-18H2,2-3H3/t19-,20+,21?,25-,26?/m0/s1. The van der Waals surface area contributed by atoms with E-state index >= 15 is 0 Å². The van der Waals surface area contributed by atoms with Crippen molar-refractivity contribution in [2.24, 2.45) is 11.8 Å². The molecule has 0 aliphatic carbocycles. The van der Waals surface area contributed by atoms with E-state index in [-0.39, 0.29) is 25.0 Å². The van der Waals surface area contributed by atoms with E-state index in [1.54, 1.807) is 22.8 Å². The van der Waals surface area contributed by atoms with Crippen LogP contribution in [0.25, 0.3) is 0 Å². The molecule has 4 saturated heterocycles. The summed E-state index contributed by atoms with van der Waals surface area (Å²) in [4.78, 5) is 46.8. The Hall–Kier alpha value is -2.01. The molecule has 10 nitrogen and oxygen atoms in total. The molecule has 4 fully saturated rings. The average Bonchev–Trinajstić information content (AvgIpc) is 3.43. The van der Waals surface area contributed by atoms with Gasteiger partial charge in [-0.3, -0.25) is 19.3 Å². The summed E-state index contributed by atoms with van der Waals surface area (Å²) in [6, 6.07) is -0.820. The molecule has 4 rings (SSSR count). The average molecular weight is 508 g/mol. The summed E-state index contributed by atoms with van der Waals surface area (Å²) >= 11 is 0. The van der Waals surface area contributed by atoms with Crippen LogP contribution in [0, 0.1) is 11.8 Å². The first kappa shape index (κ1) is 27.0. The Bertz CT molecular complexity index is 847. The third-order valence-electron chi connectivity index (χ3n) is 8.31. The maximum atomic E-state index is 14.2. The van der Waals surface area contributed by atoms with Gasteiger partial charge < -0.3 is 29.1 Å². The lowest BCUT2D eigenvalue weighted by atomic mass is 9.66. The van der Waals surface area contributed by atoms with Gasteiger partial charge in [-0.05, 0) is 39.5 Å². The number of likely N-dealkylation sites (tertiary alicyclic amines) is 1. The van der Waals surface area contributed by atoms with E-state index in [9.17, 15) is 19.5 Å². The number of aliphatic hydroxyl groups is 1. The fourth-order valence-electron chi connectivity index (χ4n) is 6.64. The van der Waals surface area contributed by atoms with Crippen molar-refractivity contribution in [2.45, 2.75) is 56.8 Å². The van der Waals surface area contributed by atoms with E-state index in [2.05, 4.69) is 11.5 Å². The molecule has 1 spiro atoms. The van der Waals surface area contributed by atoms with E-state index in [0.29, 0.717) is 65.1 Å². The third-order valence-corrected chi connectivity index (χ3v) is 8.31. The quantitative estimate of drug-likeness (QED) is 0.230. The van der Waals surface area contributed by atoms with Crippen LogP contribution < -0.4 is 0 Å². The topological polar surface area (TPSA) is 109 Å². The molecule has 5 atom stereocenters. The van der Waals surface area contributed by atoms with Crippen molar-refractivity contribution in [3.63, 3.8) is 0 Å². The number of unbranched alkanes of at least 4 members (excludes halogenated alkanes) is 1. The number of morpholine rings is 1. The van der Waals surface area contributed by atoms with Crippen molar-refractivity contribution >= 4 is 17.8 Å². The van der Waals surface area contributed by atoms with Gasteiger partial charge in [-0.25, -0.2) is 0 Å². The zero-order chi connectivity index (χ0) is 25.9. The van der Waals surface area contributed by atoms with Crippen molar-refractivity contribution in [1.82, 2.24) is 14.7 Å². The number of esters is 1. The number of hydrogen-bond donors (Lipinski definition) is 1. The van der Waals surface area contributed by atoms with Gasteiger partial charge in [0.25, 0.3) is 0 Å². The summed E-state index contributed by atoms with van der Waals surface area (Å²) in [5, 5.41) is 9.32. The Morgan fingerprint density at radius 1 is 1.25 bits per heavy atom. The highest BCUT2D eigenvalue weighted by Crippen LogP contribution is 2.63. The predicted molar refractivity (Wildman–Crippen MR) is 131 cm³/mol. The van der Waals surface area contributed by atoms with Gasteiger partial charge in [-0.1, -0.05) is 6.08 Å². The van der Waals surface area contributed by atoms with Gasteiger partial charge in [0, 0.05) is 45.9 Å². The molecule has 0 saturated carbocycles. The zero-order valence-electron chi connectivity index (χ0n) is 21.7. The van der Waals surface area contributed by atoms with Crippen LogP contribution >= 0.6 is 0 Å². The van der Waals surface area contributed by atoms with Crippen LogP contribution in [0.1, 0.15) is 39.5 Å². The Balaban J connectivity index is 1.63. The number of carbonyl (C=O) groups is 3. The number of rotatable bonds is 12. The van der Waals surface area contributed by atoms with Crippen molar-refractivity contribution < 1.29 is 33.7 Å². The maximum absolute atomic E-state index is 14.2. The van der Waals surface area contributed by atoms with E-state index in [0.717, 1.165) is 13.1 Å². The Labute approximate surface area is 213 Å². The van der Waals surface area contributed by atoms with Gasteiger partial charge in [0.05, 0.1) is 31.3 Å². The molecule has 36 heavy (non-hydrogen) atoms. The highest BCUT2D eigenvalue weighted by atomic mass is 16.6. The molecule has 2 bridgehead atoms. The molecular formula is C26H41N3O7. The first-order valence-corrected chi connectivity index (χ1v) is 13.3. The number of ether oxygens (including phenoxy) is 3. The zero-order valence-corrected chi connectivity index (χ0v) is 21.7. The van der Waals surface area contributed by atoms with Crippen LogP contribution in [-0.4, -0.2) is 121 Å². The SMILES string of the molecule is C=CCN(CCN1CCOCC1)C(=O)C1N(CCCCO)C(=O)[C@@H]2[C@H](C(=O)OCC)[C@]3(C)CCC12O3. The van der Waals surface area contributed by atoms with Gasteiger partial charge >= 0.3 is 5.97 Å². The van der Waals surface area contributed by atoms with E-state index in [1.807, 2.05) is 6.92 Å². The highest BCUT2D eigenvalue weighted by molar-refractivity contribution is 5.98. The number of hydrogen-bond acceptors (Lipinski definition) is 8. The summed E-state index contributed by atoms with van der Waals surface area (Å²) in [5.41, 5.74) is -1.89. The number of carbonyl (C=O) groups excluding carboxylic acids is 3. The Morgan fingerprint density at radius 3 is 2.67 bits per heavy atom. The monoisotopic (exact) mass is 507 g/mol. The Morgan fingerprint density at radius 2 is 2.00 bits per heavy atom. The minimum absolute atomic E-state index is 0.0113. The summed E-state index contributed by atoms with van der Waals surface area (Å²) in [5.74, 6) is -2.31. The van der Waals surface area contributed by atoms with Crippen LogP contribution in [-0.2, 0) is 28.6 Å². The van der Waals surface area contributed by atoms with Crippen LogP contribution in [0.4, 0.5) is 0 Å². The first-order valence-electron chi connectivity index (χ1n) is 13.3. The predicted octanol–water partition coefficient (Wildman–Crippen LogP) is 0.434. The minimum Gasteiger partial charge on any atom is -0.466 e. The number of amides is 2. The lowest BCUT2D eigenvalue weighted by Crippen LogP contribution is -2.57. The summed E-state index contributed by atoms with van der Waals surface area (Å²) in [7, 11) is 0. The maximum Gasteiger partial charge on any atom is 0.312 e. The number of nitrogens with zero attached hydrogens (tertiary/aromatic N) is 3. The summed E-state index contributed by atoms with van der Waals surface area (Å²) in [6.07, 6.45) is 3.91. The van der Waals surface area contributed by atoms with Gasteiger partial charge in [-0.15, -0.1) is 6.58 Å². The van der Waals surface area contributed by atoms with Crippen molar-refractivity contribution in [1.29, 1.82) is 0 Å². The lowest BCUT2D eigenvalue weighted by molar-refractivity contribution is -0.160. The molecule has 4 heterocycles. The van der Waals surface area contributed by atoms with Crippen molar-refractivity contribution in [3.8, 4) is 0 Å². The van der Waals surface area contributed by atoms with Crippen LogP contribution in [0.15, 0.2) is 12.7 Å². The van der Waals surface area contributed by atoms with Gasteiger partial charge in [0.2, 0.25) is 11.8 Å². The van der Waals surface area contributed by atoms with Gasteiger partial charge in [0.15, 0.2) is 0 Å². The summed E-state index contributed by atoms with van der Waals surface area (Å²) < 4.78 is 17.4. The molecule has 4 aliphatic rings. The van der Waals surface area contributed by atoms with Gasteiger partial charge in [0.1, 0.15) is 17.6 Å². The molecule has 0 aromatic rings. The lowest BCUT2D eigenvalue weighted by Gasteiger charge is -2.37. The molecule has 2 unspecified atom stereocenters. The fraction of sp³-hybridized carbons (Fsp3) is 0.808. The third kappa shape index (κ3) is 4.68. The molecule has 202 valence electrons. The first-order chi connectivity index (χ1) is 17.3. The molecule has 1 N–H and O–H groups in total.